The van der Waals surface area contributed by atoms with Gasteiger partial charge in [-0.05, 0) is 6.92 Å². The molecule has 1 N–H and O–H groups in total. The molecule has 1 aliphatic rings. The van der Waals surface area contributed by atoms with Gasteiger partial charge in [-0.15, -0.1) is 0 Å². The zero-order valence-corrected chi connectivity index (χ0v) is 6.99. The maximum atomic E-state index is 10.9. The van der Waals surface area contributed by atoms with Crippen molar-refractivity contribution in [3.63, 3.8) is 0 Å². The second-order valence-electron chi connectivity index (χ2n) is 2.34. The van der Waals surface area contributed by atoms with E-state index in [-0.39, 0.29) is 5.91 Å². The number of likely N-dealkylation sites (N-methyl/N-ethyl adjacent to an activating group) is 1. The number of carbonyl (C=O) groups excluding carboxylic acids is 2. The van der Waals surface area contributed by atoms with Crippen molar-refractivity contribution in [2.75, 3.05) is 13.7 Å². The van der Waals surface area contributed by atoms with Crippen molar-refractivity contribution in [3.05, 3.63) is 0 Å². The van der Waals surface area contributed by atoms with Gasteiger partial charge in [0.1, 0.15) is 0 Å². The summed E-state index contributed by atoms with van der Waals surface area (Å²) in [4.78, 5) is 21.8. The summed E-state index contributed by atoms with van der Waals surface area (Å²) < 4.78 is 9.44. The quantitative estimate of drug-likeness (QED) is 0.442. The van der Waals surface area contributed by atoms with Crippen molar-refractivity contribution >= 4 is 11.9 Å². The van der Waals surface area contributed by atoms with Gasteiger partial charge >= 0.3 is 5.97 Å². The van der Waals surface area contributed by atoms with Gasteiger partial charge in [0.05, 0.1) is 6.61 Å². The lowest BCUT2D eigenvalue weighted by Crippen LogP contribution is -2.27. The molecule has 1 saturated heterocycles. The van der Waals surface area contributed by atoms with Crippen LogP contribution in [-0.2, 0) is 19.1 Å². The first-order chi connectivity index (χ1) is 5.70. The van der Waals surface area contributed by atoms with E-state index in [1.807, 2.05) is 0 Å². The van der Waals surface area contributed by atoms with Gasteiger partial charge in [-0.3, -0.25) is 4.79 Å². The zero-order valence-electron chi connectivity index (χ0n) is 6.99. The molecule has 12 heavy (non-hydrogen) atoms. The van der Waals surface area contributed by atoms with E-state index in [0.717, 1.165) is 0 Å². The molecule has 0 saturated carbocycles. The Kier molecular flexibility index (Phi) is 2.65. The second kappa shape index (κ2) is 3.53. The molecule has 68 valence electrons. The first-order valence-corrected chi connectivity index (χ1v) is 3.74. The van der Waals surface area contributed by atoms with E-state index in [4.69, 9.17) is 4.74 Å². The van der Waals surface area contributed by atoms with Gasteiger partial charge < -0.3 is 14.8 Å². The van der Waals surface area contributed by atoms with Crippen LogP contribution < -0.4 is 5.32 Å². The van der Waals surface area contributed by atoms with Gasteiger partial charge in [-0.2, -0.15) is 0 Å². The lowest BCUT2D eigenvalue weighted by molar-refractivity contribution is -0.144. The topological polar surface area (TPSA) is 67.9 Å². The lowest BCUT2D eigenvalue weighted by Gasteiger charge is -1.96. The van der Waals surface area contributed by atoms with Crippen molar-refractivity contribution in [2.45, 2.75) is 19.1 Å². The summed E-state index contributed by atoms with van der Waals surface area (Å²) in [6.07, 6.45) is -1.33. The van der Waals surface area contributed by atoms with Crippen LogP contribution in [0.25, 0.3) is 0 Å². The summed E-state index contributed by atoms with van der Waals surface area (Å²) in [6.45, 7) is 2.01. The maximum absolute atomic E-state index is 10.9. The van der Waals surface area contributed by atoms with Crippen molar-refractivity contribution in [3.8, 4) is 0 Å². The summed E-state index contributed by atoms with van der Waals surface area (Å²) in [5, 5.41) is 2.38. The largest absolute Gasteiger partial charge is 0.464 e. The van der Waals surface area contributed by atoms with Crippen LogP contribution in [0.3, 0.4) is 0 Å². The smallest absolute Gasteiger partial charge is 0.338 e. The fraction of sp³-hybridized carbons (Fsp3) is 0.714. The molecular formula is C7H11NO4. The first kappa shape index (κ1) is 8.99. The number of carbonyl (C=O) groups is 2. The number of epoxide rings is 1. The van der Waals surface area contributed by atoms with Crippen LogP contribution in [0, 0.1) is 0 Å². The Morgan fingerprint density at radius 2 is 2.17 bits per heavy atom. The van der Waals surface area contributed by atoms with Crippen LogP contribution in [0.15, 0.2) is 0 Å². The van der Waals surface area contributed by atoms with Crippen LogP contribution >= 0.6 is 0 Å². The van der Waals surface area contributed by atoms with Gasteiger partial charge in [-0.25, -0.2) is 4.79 Å². The van der Waals surface area contributed by atoms with Crippen LogP contribution in [0.2, 0.25) is 0 Å². The highest BCUT2D eigenvalue weighted by molar-refractivity contribution is 5.92. The summed E-state index contributed by atoms with van der Waals surface area (Å²) in [7, 11) is 1.49. The fourth-order valence-corrected chi connectivity index (χ4v) is 0.858. The predicted octanol–water partition coefficient (Wildman–Crippen LogP) is -0.937. The summed E-state index contributed by atoms with van der Waals surface area (Å²) in [6, 6.07) is 0. The highest BCUT2D eigenvalue weighted by atomic mass is 16.6. The minimum atomic E-state index is -0.690. The SMILES string of the molecule is CCOC(=O)C1OC1C(=O)NC. The molecule has 1 fully saturated rings. The number of nitrogens with one attached hydrogen (secondary N) is 1. The molecule has 2 atom stereocenters. The van der Waals surface area contributed by atoms with Gasteiger partial charge in [-0.1, -0.05) is 0 Å². The Bertz CT molecular complexity index is 204. The number of amides is 1. The summed E-state index contributed by atoms with van der Waals surface area (Å²) in [5.74, 6) is -0.751. The van der Waals surface area contributed by atoms with Gasteiger partial charge in [0.15, 0.2) is 12.2 Å². The number of ether oxygens (including phenoxy) is 2. The Hall–Kier alpha value is -1.10. The van der Waals surface area contributed by atoms with Gasteiger partial charge in [0.25, 0.3) is 5.91 Å². The molecule has 2 unspecified atom stereocenters. The third-order valence-corrected chi connectivity index (χ3v) is 1.52. The van der Waals surface area contributed by atoms with E-state index in [1.165, 1.54) is 7.05 Å². The molecule has 0 aromatic rings. The highest BCUT2D eigenvalue weighted by Gasteiger charge is 2.51. The molecule has 0 aromatic heterocycles. The normalized spacial score (nSPS) is 26.2. The third-order valence-electron chi connectivity index (χ3n) is 1.52. The monoisotopic (exact) mass is 173 g/mol. The van der Waals surface area contributed by atoms with Crippen molar-refractivity contribution in [1.29, 1.82) is 0 Å². The lowest BCUT2D eigenvalue weighted by atomic mass is 10.3. The average Bonchev–Trinajstić information content (AvgIpc) is 2.82. The van der Waals surface area contributed by atoms with Crippen LogP contribution in [-0.4, -0.2) is 37.7 Å². The molecule has 5 nitrogen and oxygen atoms in total. The Balaban J connectivity index is 2.32. The molecule has 0 spiro atoms. The zero-order chi connectivity index (χ0) is 9.14. The van der Waals surface area contributed by atoms with E-state index in [9.17, 15) is 9.59 Å². The Labute approximate surface area is 70.0 Å². The van der Waals surface area contributed by atoms with Gasteiger partial charge in [0.2, 0.25) is 0 Å². The number of esters is 1. The number of hydrogen-bond donors (Lipinski definition) is 1. The minimum absolute atomic E-state index is 0.284. The highest BCUT2D eigenvalue weighted by Crippen LogP contribution is 2.23. The standard InChI is InChI=1S/C7H11NO4/c1-3-11-7(10)5-4(12-5)6(9)8-2/h4-5H,3H2,1-2H3,(H,8,9). The maximum Gasteiger partial charge on any atom is 0.338 e. The van der Waals surface area contributed by atoms with Crippen molar-refractivity contribution in [1.82, 2.24) is 5.32 Å². The number of rotatable bonds is 3. The van der Waals surface area contributed by atoms with E-state index in [2.05, 4.69) is 10.1 Å². The fourth-order valence-electron chi connectivity index (χ4n) is 0.858. The van der Waals surface area contributed by atoms with Crippen molar-refractivity contribution < 1.29 is 19.1 Å². The molecule has 1 aliphatic heterocycles. The van der Waals surface area contributed by atoms with Gasteiger partial charge in [0, 0.05) is 7.05 Å². The predicted molar refractivity (Wildman–Crippen MR) is 39.4 cm³/mol. The van der Waals surface area contributed by atoms with E-state index in [1.54, 1.807) is 6.92 Å². The third kappa shape index (κ3) is 1.73. The van der Waals surface area contributed by atoms with Crippen molar-refractivity contribution in [2.24, 2.45) is 0 Å². The van der Waals surface area contributed by atoms with Crippen LogP contribution in [0.4, 0.5) is 0 Å². The molecule has 0 aliphatic carbocycles. The molecule has 0 radical (unpaired) electrons. The average molecular weight is 173 g/mol. The van der Waals surface area contributed by atoms with E-state index in [0.29, 0.717) is 6.61 Å². The minimum Gasteiger partial charge on any atom is -0.464 e. The first-order valence-electron chi connectivity index (χ1n) is 3.74. The molecule has 1 rings (SSSR count). The van der Waals surface area contributed by atoms with Crippen LogP contribution in [0.5, 0.6) is 0 Å². The second-order valence-corrected chi connectivity index (χ2v) is 2.34. The Morgan fingerprint density at radius 1 is 1.50 bits per heavy atom. The van der Waals surface area contributed by atoms with E-state index < -0.39 is 18.2 Å². The molecule has 0 bridgehead atoms. The number of hydrogen-bond acceptors (Lipinski definition) is 4. The van der Waals surface area contributed by atoms with Crippen LogP contribution in [0.1, 0.15) is 6.92 Å². The Morgan fingerprint density at radius 3 is 2.67 bits per heavy atom. The van der Waals surface area contributed by atoms with E-state index >= 15 is 0 Å². The summed E-state index contributed by atoms with van der Waals surface area (Å²) in [5.41, 5.74) is 0. The molecular weight excluding hydrogens is 162 g/mol. The summed E-state index contributed by atoms with van der Waals surface area (Å²) >= 11 is 0. The molecule has 1 heterocycles. The molecule has 5 heteroatoms. The molecule has 0 aromatic carbocycles. The molecule has 1 amide bonds.